The molecule has 0 aromatic carbocycles. The molecule has 0 aliphatic heterocycles. The molecule has 0 heterocycles. The lowest BCUT2D eigenvalue weighted by Crippen LogP contribution is -2.37. The first kappa shape index (κ1) is 93.6. The largest absolute Gasteiger partial charge is 0.756 e. The molecule has 0 saturated carbocycles. The Balaban J connectivity index is 4.06. The van der Waals surface area contributed by atoms with Gasteiger partial charge in [-0.2, -0.15) is 0 Å². The Bertz CT molecular complexity index is 2220. The van der Waals surface area contributed by atoms with Gasteiger partial charge in [0, 0.05) is 12.8 Å². The molecule has 9 nitrogen and oxygen atoms in total. The normalized spacial score (nSPS) is 13.9. The number of nitrogens with zero attached hydrogens (tertiary/aromatic N) is 1. The van der Waals surface area contributed by atoms with Gasteiger partial charge in [0.15, 0.2) is 6.10 Å². The number of phosphoric acid groups is 1. The highest BCUT2D eigenvalue weighted by atomic mass is 31.2. The summed E-state index contributed by atoms with van der Waals surface area (Å²) in [6, 6.07) is 0. The van der Waals surface area contributed by atoms with Gasteiger partial charge in [-0.3, -0.25) is 14.2 Å². The minimum absolute atomic E-state index is 0.0412. The van der Waals surface area contributed by atoms with Crippen molar-refractivity contribution < 1.29 is 42.1 Å². The first-order chi connectivity index (χ1) is 48.0. The van der Waals surface area contributed by atoms with E-state index in [0.29, 0.717) is 17.4 Å². The molecule has 0 bridgehead atoms. The van der Waals surface area contributed by atoms with Crippen LogP contribution < -0.4 is 4.89 Å². The maximum absolute atomic E-state index is 12.9. The maximum atomic E-state index is 12.9. The summed E-state index contributed by atoms with van der Waals surface area (Å²) in [6.07, 6.45) is 115. The van der Waals surface area contributed by atoms with E-state index in [-0.39, 0.29) is 32.0 Å². The number of likely N-dealkylation sites (N-methyl/N-ethyl adjacent to an activating group) is 1. The summed E-state index contributed by atoms with van der Waals surface area (Å²) in [5, 5.41) is 0. The van der Waals surface area contributed by atoms with Crippen LogP contribution in [0.3, 0.4) is 0 Å². The van der Waals surface area contributed by atoms with Crippen molar-refractivity contribution in [2.75, 3.05) is 47.5 Å². The summed E-state index contributed by atoms with van der Waals surface area (Å²) in [7, 11) is 1.14. The van der Waals surface area contributed by atoms with Crippen molar-refractivity contribution in [3.63, 3.8) is 0 Å². The Labute approximate surface area is 605 Å². The van der Waals surface area contributed by atoms with E-state index in [0.717, 1.165) is 128 Å². The van der Waals surface area contributed by atoms with Crippen molar-refractivity contribution in [1.29, 1.82) is 0 Å². The van der Waals surface area contributed by atoms with Gasteiger partial charge in [0.2, 0.25) is 0 Å². The molecule has 0 aliphatic carbocycles. The molecule has 10 heteroatoms. The van der Waals surface area contributed by atoms with E-state index in [1.165, 1.54) is 173 Å². The number of phosphoric ester groups is 1. The molecule has 98 heavy (non-hydrogen) atoms. The minimum atomic E-state index is -4.66. The maximum Gasteiger partial charge on any atom is 0.306 e. The smallest absolute Gasteiger partial charge is 0.306 e. The fraction of sp³-hybridized carbons (Fsp3) is 0.682. The lowest BCUT2D eigenvalue weighted by Gasteiger charge is -2.28. The van der Waals surface area contributed by atoms with E-state index < -0.39 is 26.5 Å². The van der Waals surface area contributed by atoms with Crippen LogP contribution in [0, 0.1) is 0 Å². The summed E-state index contributed by atoms with van der Waals surface area (Å²) in [5.74, 6) is -0.854. The second-order valence-electron chi connectivity index (χ2n) is 27.7. The van der Waals surface area contributed by atoms with Crippen LogP contribution in [-0.2, 0) is 32.7 Å². The van der Waals surface area contributed by atoms with Crippen LogP contribution in [0.25, 0.3) is 0 Å². The average Bonchev–Trinajstić information content (AvgIpc) is 1.23. The SMILES string of the molecule is CC/C=C\C/C=C\C/C=C\C/C=C\C/C=C\C/C=C\C/C=C\C/C=C\C/C=C\C/C=C\C/C=C\CCCCCCCC(=O)OC(COC(=O)CCCCCCCCCCCCCCCCCCCCCCCCC/C=C\C/C=C\CCCCCCC)COP(=O)([O-])OCC[N+](C)(C)C. The number of ether oxygens (including phenoxy) is 2. The molecule has 0 aromatic rings. The van der Waals surface area contributed by atoms with Crippen LogP contribution in [0.4, 0.5) is 0 Å². The Morgan fingerprint density at radius 2 is 0.582 bits per heavy atom. The van der Waals surface area contributed by atoms with E-state index in [1.807, 2.05) is 21.1 Å². The minimum Gasteiger partial charge on any atom is -0.756 e. The Morgan fingerprint density at radius 3 is 0.867 bits per heavy atom. The van der Waals surface area contributed by atoms with Crippen LogP contribution in [0.5, 0.6) is 0 Å². The molecule has 0 radical (unpaired) electrons. The summed E-state index contributed by atoms with van der Waals surface area (Å²) >= 11 is 0. The molecule has 0 aliphatic rings. The van der Waals surface area contributed by atoms with Crippen LogP contribution in [-0.4, -0.2) is 70.0 Å². The number of carbonyl (C=O) groups is 2. The summed E-state index contributed by atoms with van der Waals surface area (Å²) in [4.78, 5) is 38.2. The second-order valence-corrected chi connectivity index (χ2v) is 29.1. The predicted molar refractivity (Wildman–Crippen MR) is 424 cm³/mol. The van der Waals surface area contributed by atoms with Gasteiger partial charge in [0.05, 0.1) is 27.7 Å². The van der Waals surface area contributed by atoms with Crippen LogP contribution >= 0.6 is 7.82 Å². The van der Waals surface area contributed by atoms with Crippen molar-refractivity contribution in [1.82, 2.24) is 0 Å². The van der Waals surface area contributed by atoms with Crippen LogP contribution in [0.15, 0.2) is 158 Å². The highest BCUT2D eigenvalue weighted by molar-refractivity contribution is 7.45. The zero-order valence-corrected chi connectivity index (χ0v) is 64.8. The number of unbranched alkanes of at least 4 members (excludes halogenated alkanes) is 33. The van der Waals surface area contributed by atoms with Gasteiger partial charge < -0.3 is 27.9 Å². The summed E-state index contributed by atoms with van der Waals surface area (Å²) < 4.78 is 34.4. The monoisotopic (exact) mass is 1380 g/mol. The van der Waals surface area contributed by atoms with Gasteiger partial charge in [0.25, 0.3) is 7.82 Å². The van der Waals surface area contributed by atoms with Gasteiger partial charge in [-0.05, 0) is 128 Å². The molecule has 2 atom stereocenters. The third-order valence-corrected chi connectivity index (χ3v) is 18.0. The van der Waals surface area contributed by atoms with Crippen LogP contribution in [0.1, 0.15) is 335 Å². The Kier molecular flexibility index (Phi) is 73.4. The lowest BCUT2D eigenvalue weighted by atomic mass is 10.0. The van der Waals surface area contributed by atoms with Crippen molar-refractivity contribution in [3.8, 4) is 0 Å². The Morgan fingerprint density at radius 1 is 0.327 bits per heavy atom. The molecule has 560 valence electrons. The zero-order valence-electron chi connectivity index (χ0n) is 63.9. The number of carbonyl (C=O) groups excluding carboxylic acids is 2. The quantitative estimate of drug-likeness (QED) is 0.0195. The van der Waals surface area contributed by atoms with Crippen molar-refractivity contribution in [2.24, 2.45) is 0 Å². The average molecular weight is 1380 g/mol. The van der Waals surface area contributed by atoms with E-state index in [4.69, 9.17) is 18.5 Å². The summed E-state index contributed by atoms with van der Waals surface area (Å²) in [5.41, 5.74) is 0. The molecular weight excluding hydrogens is 1230 g/mol. The molecule has 0 N–H and O–H groups in total. The number of rotatable bonds is 73. The fourth-order valence-electron chi connectivity index (χ4n) is 10.9. The van der Waals surface area contributed by atoms with Crippen molar-refractivity contribution in [3.05, 3.63) is 158 Å². The number of hydrogen-bond acceptors (Lipinski definition) is 8. The number of quaternary nitrogens is 1. The third kappa shape index (κ3) is 80.6. The topological polar surface area (TPSA) is 111 Å². The molecule has 0 rings (SSSR count). The highest BCUT2D eigenvalue weighted by Crippen LogP contribution is 2.38. The standard InChI is InChI=1S/C88H150NO8P/c1-6-8-10-12-14-16-18-20-22-24-26-28-30-32-34-36-38-40-42-43-44-45-47-49-51-53-55-57-59-61-63-65-67-69-71-73-75-77-79-81-88(91)97-86(85-96-98(92,93)95-83-82-89(3,4)5)84-94-87(90)80-78-76-74-72-70-68-66-64-62-60-58-56-54-52-50-48-46-41-39-37-35-33-31-29-27-25-23-21-19-17-15-13-11-9-7-2/h8,10,14,16,19-22,25-28,32,34,38,40,43-44,47,49,53,55,59,61,65,67,86H,6-7,9,11-13,15,17-18,23-24,29-31,33,35-37,39,41-42,45-46,48,50-52,54,56-58,60,62-64,66,68-85H2,1-5H3/b10-8-,16-14-,21-19-,22-20-,27-25-,28-26-,34-32-,40-38-,44-43-,49-47-,55-53-,61-59-,67-65-. The fourth-order valence-corrected chi connectivity index (χ4v) is 11.7. The number of allylic oxidation sites excluding steroid dienone is 26. The Hall–Kier alpha value is -4.37. The molecular formula is C88H150NO8P. The second kappa shape index (κ2) is 76.8. The molecule has 0 spiro atoms. The number of esters is 2. The van der Waals surface area contributed by atoms with Gasteiger partial charge in [-0.15, -0.1) is 0 Å². The highest BCUT2D eigenvalue weighted by Gasteiger charge is 2.22. The predicted octanol–water partition coefficient (Wildman–Crippen LogP) is 26.4. The van der Waals surface area contributed by atoms with Crippen molar-refractivity contribution in [2.45, 2.75) is 341 Å². The van der Waals surface area contributed by atoms with Gasteiger partial charge in [-0.25, -0.2) is 0 Å². The van der Waals surface area contributed by atoms with Gasteiger partial charge in [0.1, 0.15) is 19.8 Å². The van der Waals surface area contributed by atoms with Gasteiger partial charge in [-0.1, -0.05) is 352 Å². The molecule has 2 unspecified atom stereocenters. The lowest BCUT2D eigenvalue weighted by molar-refractivity contribution is -0.870. The van der Waals surface area contributed by atoms with E-state index in [9.17, 15) is 19.0 Å². The number of hydrogen-bond donors (Lipinski definition) is 0. The molecule has 0 aromatic heterocycles. The summed E-state index contributed by atoms with van der Waals surface area (Å²) in [6.45, 7) is 4.11. The third-order valence-electron chi connectivity index (χ3n) is 17.0. The van der Waals surface area contributed by atoms with E-state index >= 15 is 0 Å². The van der Waals surface area contributed by atoms with E-state index in [1.54, 1.807) is 0 Å². The molecule has 0 amide bonds. The first-order valence-electron chi connectivity index (χ1n) is 40.2. The van der Waals surface area contributed by atoms with Crippen LogP contribution in [0.2, 0.25) is 0 Å². The van der Waals surface area contributed by atoms with Crippen molar-refractivity contribution >= 4 is 19.8 Å². The van der Waals surface area contributed by atoms with E-state index in [2.05, 4.69) is 172 Å². The molecule has 0 fully saturated rings. The van der Waals surface area contributed by atoms with Gasteiger partial charge >= 0.3 is 11.9 Å². The zero-order chi connectivity index (χ0) is 71.1. The first-order valence-corrected chi connectivity index (χ1v) is 41.7. The molecule has 0 saturated heterocycles.